The van der Waals surface area contributed by atoms with E-state index in [4.69, 9.17) is 0 Å². The first-order valence-corrected chi connectivity index (χ1v) is 6.34. The zero-order valence-corrected chi connectivity index (χ0v) is 10.8. The van der Waals surface area contributed by atoms with E-state index in [0.29, 0.717) is 18.4 Å². The van der Waals surface area contributed by atoms with E-state index in [9.17, 15) is 9.59 Å². The van der Waals surface area contributed by atoms with Gasteiger partial charge >= 0.3 is 0 Å². The Morgan fingerprint density at radius 3 is 2.68 bits per heavy atom. The van der Waals surface area contributed by atoms with E-state index in [1.54, 1.807) is 12.1 Å². The Balaban J connectivity index is 1.80. The van der Waals surface area contributed by atoms with Gasteiger partial charge in [0, 0.05) is 12.6 Å². The van der Waals surface area contributed by atoms with Crippen molar-refractivity contribution in [3.63, 3.8) is 0 Å². The van der Waals surface area contributed by atoms with Crippen molar-refractivity contribution < 1.29 is 9.59 Å². The molecule has 2 rings (SSSR count). The van der Waals surface area contributed by atoms with Crippen LogP contribution in [0.2, 0.25) is 0 Å². The number of rotatable bonds is 6. The summed E-state index contributed by atoms with van der Waals surface area (Å²) in [6.07, 6.45) is 2.12. The predicted molar refractivity (Wildman–Crippen MR) is 69.7 cm³/mol. The molecule has 2 amide bonds. The number of amides is 2. The zero-order valence-electron chi connectivity index (χ0n) is 10.8. The number of hydrogen-bond acceptors (Lipinski definition) is 5. The van der Waals surface area contributed by atoms with Gasteiger partial charge in [-0.25, -0.2) is 0 Å². The molecule has 0 aliphatic heterocycles. The maximum atomic E-state index is 11.5. The standard InChI is InChI=1S/C12H17N5O2/c1-2-13-12(19)9-5-6-10(17-16-9)14-7-11(18)15-8-3-4-8/h5-6,8H,2-4,7H2,1H3,(H,13,19)(H,14,17)(H,15,18). The average Bonchev–Trinajstić information content (AvgIpc) is 3.21. The monoisotopic (exact) mass is 263 g/mol. The summed E-state index contributed by atoms with van der Waals surface area (Å²) in [5, 5.41) is 16.0. The molecule has 1 aromatic heterocycles. The molecule has 1 aliphatic rings. The van der Waals surface area contributed by atoms with Gasteiger partial charge in [-0.3, -0.25) is 9.59 Å². The molecule has 102 valence electrons. The molecule has 0 bridgehead atoms. The highest BCUT2D eigenvalue weighted by atomic mass is 16.2. The Hall–Kier alpha value is -2.18. The van der Waals surface area contributed by atoms with Crippen LogP contribution in [0.25, 0.3) is 0 Å². The van der Waals surface area contributed by atoms with Crippen molar-refractivity contribution in [1.29, 1.82) is 0 Å². The second-order valence-electron chi connectivity index (χ2n) is 4.36. The van der Waals surface area contributed by atoms with Crippen LogP contribution in [0.4, 0.5) is 5.82 Å². The number of anilines is 1. The number of carbonyl (C=O) groups is 2. The summed E-state index contributed by atoms with van der Waals surface area (Å²) >= 11 is 0. The quantitative estimate of drug-likeness (QED) is 0.667. The number of aromatic nitrogens is 2. The van der Waals surface area contributed by atoms with Crippen molar-refractivity contribution in [3.05, 3.63) is 17.8 Å². The van der Waals surface area contributed by atoms with E-state index in [1.807, 2.05) is 6.92 Å². The van der Waals surface area contributed by atoms with Crippen molar-refractivity contribution >= 4 is 17.6 Å². The lowest BCUT2D eigenvalue weighted by atomic mass is 10.3. The number of nitrogens with zero attached hydrogens (tertiary/aromatic N) is 2. The maximum absolute atomic E-state index is 11.5. The third-order valence-corrected chi connectivity index (χ3v) is 2.61. The van der Waals surface area contributed by atoms with Gasteiger partial charge in [-0.05, 0) is 31.9 Å². The highest BCUT2D eigenvalue weighted by Gasteiger charge is 2.22. The fraction of sp³-hybridized carbons (Fsp3) is 0.500. The second-order valence-corrected chi connectivity index (χ2v) is 4.36. The zero-order chi connectivity index (χ0) is 13.7. The molecule has 1 aromatic rings. The van der Waals surface area contributed by atoms with E-state index in [2.05, 4.69) is 26.1 Å². The largest absolute Gasteiger partial charge is 0.360 e. The molecule has 1 heterocycles. The van der Waals surface area contributed by atoms with Crippen molar-refractivity contribution in [2.45, 2.75) is 25.8 Å². The van der Waals surface area contributed by atoms with Crippen molar-refractivity contribution in [2.24, 2.45) is 0 Å². The topological polar surface area (TPSA) is 96.0 Å². The first-order chi connectivity index (χ1) is 9.19. The Morgan fingerprint density at radius 2 is 2.11 bits per heavy atom. The van der Waals surface area contributed by atoms with Crippen LogP contribution in [0.1, 0.15) is 30.3 Å². The smallest absolute Gasteiger partial charge is 0.271 e. The minimum absolute atomic E-state index is 0.0582. The number of nitrogens with one attached hydrogen (secondary N) is 3. The van der Waals surface area contributed by atoms with Gasteiger partial charge in [0.1, 0.15) is 5.82 Å². The van der Waals surface area contributed by atoms with Crippen LogP contribution in [0.5, 0.6) is 0 Å². The second kappa shape index (κ2) is 6.12. The summed E-state index contributed by atoms with van der Waals surface area (Å²) in [5.41, 5.74) is 0.259. The Morgan fingerprint density at radius 1 is 1.32 bits per heavy atom. The molecule has 0 aromatic carbocycles. The van der Waals surface area contributed by atoms with Crippen LogP contribution in [0.3, 0.4) is 0 Å². The van der Waals surface area contributed by atoms with Crippen LogP contribution < -0.4 is 16.0 Å². The average molecular weight is 263 g/mol. The highest BCUT2D eigenvalue weighted by Crippen LogP contribution is 2.18. The third-order valence-electron chi connectivity index (χ3n) is 2.61. The van der Waals surface area contributed by atoms with Gasteiger partial charge in [0.2, 0.25) is 5.91 Å². The Labute approximate surface area is 111 Å². The molecule has 0 unspecified atom stereocenters. The Kier molecular flexibility index (Phi) is 4.27. The molecule has 19 heavy (non-hydrogen) atoms. The van der Waals surface area contributed by atoms with Crippen LogP contribution >= 0.6 is 0 Å². The summed E-state index contributed by atoms with van der Waals surface area (Å²) in [4.78, 5) is 22.9. The normalized spacial score (nSPS) is 13.7. The molecular formula is C12H17N5O2. The van der Waals surface area contributed by atoms with E-state index in [0.717, 1.165) is 12.8 Å². The molecular weight excluding hydrogens is 246 g/mol. The summed E-state index contributed by atoms with van der Waals surface area (Å²) in [6.45, 7) is 2.53. The van der Waals surface area contributed by atoms with Gasteiger partial charge in [-0.2, -0.15) is 0 Å². The summed E-state index contributed by atoms with van der Waals surface area (Å²) in [5.74, 6) is 0.157. The number of carbonyl (C=O) groups excluding carboxylic acids is 2. The highest BCUT2D eigenvalue weighted by molar-refractivity contribution is 5.92. The minimum Gasteiger partial charge on any atom is -0.360 e. The molecule has 0 atom stereocenters. The van der Waals surface area contributed by atoms with Crippen LogP contribution in [0.15, 0.2) is 12.1 Å². The van der Waals surface area contributed by atoms with E-state index in [1.165, 1.54) is 0 Å². The molecule has 0 spiro atoms. The van der Waals surface area contributed by atoms with E-state index < -0.39 is 0 Å². The molecule has 0 radical (unpaired) electrons. The summed E-state index contributed by atoms with van der Waals surface area (Å²) < 4.78 is 0. The SMILES string of the molecule is CCNC(=O)c1ccc(NCC(=O)NC2CC2)nn1. The summed E-state index contributed by atoms with van der Waals surface area (Å²) in [6, 6.07) is 3.54. The first-order valence-electron chi connectivity index (χ1n) is 6.34. The molecule has 3 N–H and O–H groups in total. The van der Waals surface area contributed by atoms with E-state index in [-0.39, 0.29) is 24.1 Å². The first kappa shape index (κ1) is 13.3. The lowest BCUT2D eigenvalue weighted by Crippen LogP contribution is -2.31. The molecule has 7 nitrogen and oxygen atoms in total. The van der Waals surface area contributed by atoms with Crippen LogP contribution in [-0.2, 0) is 4.79 Å². The third kappa shape index (κ3) is 4.20. The van der Waals surface area contributed by atoms with Gasteiger partial charge in [0.15, 0.2) is 5.69 Å². The van der Waals surface area contributed by atoms with Crippen LogP contribution in [0, 0.1) is 0 Å². The molecule has 7 heteroatoms. The maximum Gasteiger partial charge on any atom is 0.271 e. The minimum atomic E-state index is -0.256. The lowest BCUT2D eigenvalue weighted by molar-refractivity contribution is -0.119. The van der Waals surface area contributed by atoms with Gasteiger partial charge in [0.05, 0.1) is 6.54 Å². The van der Waals surface area contributed by atoms with Gasteiger partial charge in [-0.1, -0.05) is 0 Å². The van der Waals surface area contributed by atoms with Gasteiger partial charge in [0.25, 0.3) is 5.91 Å². The van der Waals surface area contributed by atoms with Crippen molar-refractivity contribution in [1.82, 2.24) is 20.8 Å². The Bertz CT molecular complexity index is 456. The predicted octanol–water partition coefficient (Wildman–Crippen LogP) is -0.0832. The van der Waals surface area contributed by atoms with Crippen LogP contribution in [-0.4, -0.2) is 41.1 Å². The molecule has 0 saturated heterocycles. The molecule has 1 fully saturated rings. The fourth-order valence-electron chi connectivity index (χ4n) is 1.48. The molecule has 1 aliphatic carbocycles. The van der Waals surface area contributed by atoms with Crippen molar-refractivity contribution in [2.75, 3.05) is 18.4 Å². The molecule has 1 saturated carbocycles. The van der Waals surface area contributed by atoms with Crippen molar-refractivity contribution in [3.8, 4) is 0 Å². The lowest BCUT2D eigenvalue weighted by Gasteiger charge is -2.06. The van der Waals surface area contributed by atoms with E-state index >= 15 is 0 Å². The fourth-order valence-corrected chi connectivity index (χ4v) is 1.48. The summed E-state index contributed by atoms with van der Waals surface area (Å²) in [7, 11) is 0. The number of hydrogen-bond donors (Lipinski definition) is 3. The van der Waals surface area contributed by atoms with Gasteiger partial charge < -0.3 is 16.0 Å². The van der Waals surface area contributed by atoms with Gasteiger partial charge in [-0.15, -0.1) is 10.2 Å².